The van der Waals surface area contributed by atoms with Gasteiger partial charge in [-0.3, -0.25) is 14.4 Å². The molecule has 6 nitrogen and oxygen atoms in total. The molecule has 0 aliphatic carbocycles. The molecule has 1 rings (SSSR count). The predicted octanol–water partition coefficient (Wildman–Crippen LogP) is 6.75. The van der Waals surface area contributed by atoms with Crippen molar-refractivity contribution in [2.24, 2.45) is 17.8 Å². The molecule has 0 aliphatic rings. The Kier molecular flexibility index (Phi) is 22.7. The maximum Gasteiger partial charge on any atom is 0.219 e. The number of hydrogen-bond donors (Lipinski definition) is 2. The van der Waals surface area contributed by atoms with E-state index < -0.39 is 0 Å². The number of aliphatic hydroxyl groups excluding tert-OH is 1. The van der Waals surface area contributed by atoms with Crippen LogP contribution in [0.1, 0.15) is 126 Å². The normalized spacial score (nSPS) is 12.6. The molecule has 0 saturated heterocycles. The molecule has 0 radical (unpaired) electrons. The van der Waals surface area contributed by atoms with Crippen LogP contribution in [0, 0.1) is 24.7 Å². The van der Waals surface area contributed by atoms with E-state index in [-0.39, 0.29) is 23.4 Å². The Balaban J connectivity index is 0. The number of aryl methyl sites for hydroxylation is 1. The summed E-state index contributed by atoms with van der Waals surface area (Å²) < 4.78 is 0. The summed E-state index contributed by atoms with van der Waals surface area (Å²) >= 11 is 0. The van der Waals surface area contributed by atoms with Crippen molar-refractivity contribution in [3.63, 3.8) is 0 Å². The van der Waals surface area contributed by atoms with E-state index in [1.807, 2.05) is 19.9 Å². The molecule has 0 spiro atoms. The Morgan fingerprint density at radius 2 is 1.59 bits per heavy atom. The molecular weight excluding hydrogens is 466 g/mol. The van der Waals surface area contributed by atoms with Gasteiger partial charge in [0.1, 0.15) is 6.29 Å². The number of amides is 1. The molecule has 3 unspecified atom stereocenters. The van der Waals surface area contributed by atoms with E-state index in [0.29, 0.717) is 36.5 Å². The Morgan fingerprint density at radius 1 is 0.973 bits per heavy atom. The summed E-state index contributed by atoms with van der Waals surface area (Å²) in [7, 11) is 1.61. The lowest BCUT2D eigenvalue weighted by Gasteiger charge is -2.15. The molecule has 0 fully saturated rings. The quantitative estimate of drug-likeness (QED) is 0.197. The number of ketones is 2. The number of nitrogens with one attached hydrogen (secondary N) is 1. The average molecular weight is 520 g/mol. The van der Waals surface area contributed by atoms with E-state index in [9.17, 15) is 19.2 Å². The molecule has 1 amide bonds. The van der Waals surface area contributed by atoms with Gasteiger partial charge in [0.25, 0.3) is 0 Å². The summed E-state index contributed by atoms with van der Waals surface area (Å²) in [6.07, 6.45) is 10.6. The zero-order valence-corrected chi connectivity index (χ0v) is 24.7. The summed E-state index contributed by atoms with van der Waals surface area (Å²) in [6.45, 7) is 13.7. The van der Waals surface area contributed by atoms with Crippen LogP contribution in [-0.4, -0.2) is 42.5 Å². The summed E-state index contributed by atoms with van der Waals surface area (Å²) in [5, 5.41) is 11.2. The molecule has 2 N–H and O–H groups in total. The molecule has 0 saturated carbocycles. The smallest absolute Gasteiger partial charge is 0.219 e. The highest BCUT2D eigenvalue weighted by Gasteiger charge is 2.15. The minimum atomic E-state index is -0.0612. The third kappa shape index (κ3) is 16.9. The summed E-state index contributed by atoms with van der Waals surface area (Å²) in [6, 6.07) is 5.31. The molecule has 0 aliphatic heterocycles. The van der Waals surface area contributed by atoms with E-state index in [0.717, 1.165) is 30.6 Å². The van der Waals surface area contributed by atoms with E-state index in [1.54, 1.807) is 19.2 Å². The van der Waals surface area contributed by atoms with Gasteiger partial charge in [-0.15, -0.1) is 0 Å². The Morgan fingerprint density at radius 3 is 2.00 bits per heavy atom. The van der Waals surface area contributed by atoms with Gasteiger partial charge in [0.05, 0.1) is 0 Å². The second-order valence-electron chi connectivity index (χ2n) is 9.79. The van der Waals surface area contributed by atoms with Gasteiger partial charge in [0.2, 0.25) is 5.91 Å². The lowest BCUT2D eigenvalue weighted by molar-refractivity contribution is -0.121. The standard InChI is InChI=1S/C11H12O2.C10H19NO2.C10H22O/c1-7-5-4-6-10(8(2)12)11(7)9(3)13;1-4-8(2)9(7-12)5-6-10(13)11-3;1-3-5-7-10(4-2)8-6-9-11/h4-6H,1-3H3;7-9H,4-6H2,1-3H3,(H,11,13);10-11H,3-9H2,1-2H3. The molecule has 1 aromatic rings. The van der Waals surface area contributed by atoms with Gasteiger partial charge in [0.15, 0.2) is 11.6 Å². The molecule has 0 aromatic heterocycles. The summed E-state index contributed by atoms with van der Waals surface area (Å²) in [5.41, 5.74) is 1.93. The molecule has 212 valence electrons. The number of aldehydes is 1. The minimum absolute atomic E-state index is 0.00940. The molecule has 1 aromatic carbocycles. The molecule has 37 heavy (non-hydrogen) atoms. The van der Waals surface area contributed by atoms with Crippen molar-refractivity contribution in [1.29, 1.82) is 0 Å². The van der Waals surface area contributed by atoms with Crippen molar-refractivity contribution in [2.45, 2.75) is 106 Å². The Hall–Kier alpha value is -2.34. The fourth-order valence-electron chi connectivity index (χ4n) is 4.07. The van der Waals surface area contributed by atoms with E-state index in [1.165, 1.54) is 46.0 Å². The van der Waals surface area contributed by atoms with Crippen LogP contribution in [0.3, 0.4) is 0 Å². The monoisotopic (exact) mass is 519 g/mol. The van der Waals surface area contributed by atoms with Crippen LogP contribution >= 0.6 is 0 Å². The van der Waals surface area contributed by atoms with Crippen LogP contribution in [0.4, 0.5) is 0 Å². The van der Waals surface area contributed by atoms with Crippen molar-refractivity contribution in [3.05, 3.63) is 34.9 Å². The third-order valence-electron chi connectivity index (χ3n) is 6.85. The average Bonchev–Trinajstić information content (AvgIpc) is 2.89. The second kappa shape index (κ2) is 22.8. The van der Waals surface area contributed by atoms with Gasteiger partial charge in [-0.25, -0.2) is 0 Å². The first-order valence-electron chi connectivity index (χ1n) is 13.9. The fraction of sp³-hybridized carbons (Fsp3) is 0.677. The van der Waals surface area contributed by atoms with Crippen molar-refractivity contribution in [1.82, 2.24) is 5.32 Å². The minimum Gasteiger partial charge on any atom is -0.396 e. The highest BCUT2D eigenvalue weighted by atomic mass is 16.3. The molecule has 3 atom stereocenters. The van der Waals surface area contributed by atoms with E-state index in [4.69, 9.17) is 5.11 Å². The molecule has 0 bridgehead atoms. The number of carbonyl (C=O) groups excluding carboxylic acids is 4. The molecule has 0 heterocycles. The van der Waals surface area contributed by atoms with Gasteiger partial charge in [-0.2, -0.15) is 0 Å². The Bertz CT molecular complexity index is 782. The SMILES string of the molecule is CC(=O)c1cccc(C)c1C(C)=O.CCC(C)C(C=O)CCC(=O)NC.CCCCC(CC)CCCO. The van der Waals surface area contributed by atoms with Gasteiger partial charge in [-0.05, 0) is 57.4 Å². The number of hydrogen-bond acceptors (Lipinski definition) is 5. The maximum absolute atomic E-state index is 11.2. The number of aliphatic hydroxyl groups is 1. The fourth-order valence-corrected chi connectivity index (χ4v) is 4.07. The topological polar surface area (TPSA) is 101 Å². The second-order valence-corrected chi connectivity index (χ2v) is 9.79. The number of Topliss-reactive ketones (excluding diaryl/α,β-unsaturated/α-hetero) is 2. The third-order valence-corrected chi connectivity index (χ3v) is 6.85. The van der Waals surface area contributed by atoms with Gasteiger partial charge in [-0.1, -0.05) is 78.0 Å². The van der Waals surface area contributed by atoms with Crippen molar-refractivity contribution in [2.75, 3.05) is 13.7 Å². The van der Waals surface area contributed by atoms with Crippen LogP contribution in [0.15, 0.2) is 18.2 Å². The van der Waals surface area contributed by atoms with Crippen molar-refractivity contribution < 1.29 is 24.3 Å². The molecule has 6 heteroatoms. The lowest BCUT2D eigenvalue weighted by Crippen LogP contribution is -2.21. The van der Waals surface area contributed by atoms with Gasteiger partial charge in [0, 0.05) is 37.1 Å². The number of unbranched alkanes of at least 4 members (excludes halogenated alkanes) is 1. The largest absolute Gasteiger partial charge is 0.396 e. The summed E-state index contributed by atoms with van der Waals surface area (Å²) in [4.78, 5) is 44.0. The zero-order valence-electron chi connectivity index (χ0n) is 24.7. The highest BCUT2D eigenvalue weighted by molar-refractivity contribution is 6.08. The maximum atomic E-state index is 11.2. The van der Waals surface area contributed by atoms with Crippen molar-refractivity contribution >= 4 is 23.8 Å². The van der Waals surface area contributed by atoms with Gasteiger partial charge < -0.3 is 15.2 Å². The number of benzene rings is 1. The lowest BCUT2D eigenvalue weighted by atomic mass is 9.89. The van der Waals surface area contributed by atoms with E-state index in [2.05, 4.69) is 26.1 Å². The Labute approximate surface area is 226 Å². The van der Waals surface area contributed by atoms with Crippen LogP contribution in [-0.2, 0) is 9.59 Å². The zero-order chi connectivity index (χ0) is 28.8. The first-order valence-corrected chi connectivity index (χ1v) is 13.9. The van der Waals surface area contributed by atoms with Gasteiger partial charge >= 0.3 is 0 Å². The molecular formula is C31H53NO5. The first kappa shape index (κ1) is 36.8. The van der Waals surface area contributed by atoms with Crippen molar-refractivity contribution in [3.8, 4) is 0 Å². The summed E-state index contributed by atoms with van der Waals surface area (Å²) in [5.74, 6) is 1.17. The van der Waals surface area contributed by atoms with Crippen LogP contribution in [0.2, 0.25) is 0 Å². The first-order chi connectivity index (χ1) is 17.5. The van der Waals surface area contributed by atoms with Crippen LogP contribution in [0.5, 0.6) is 0 Å². The highest BCUT2D eigenvalue weighted by Crippen LogP contribution is 2.19. The van der Waals surface area contributed by atoms with Crippen LogP contribution in [0.25, 0.3) is 0 Å². The number of carbonyl (C=O) groups is 4. The van der Waals surface area contributed by atoms with E-state index >= 15 is 0 Å². The predicted molar refractivity (Wildman–Crippen MR) is 153 cm³/mol. The van der Waals surface area contributed by atoms with Crippen LogP contribution < -0.4 is 5.32 Å². The number of rotatable bonds is 15.